The van der Waals surface area contributed by atoms with Crippen LogP contribution in [0.1, 0.15) is 25.3 Å². The first-order valence-electron chi connectivity index (χ1n) is 6.79. The monoisotopic (exact) mass is 346 g/mol. The predicted octanol–water partition coefficient (Wildman–Crippen LogP) is 3.72. The number of fused-ring (bicyclic) bond motifs is 1. The molecule has 1 aromatic carbocycles. The Morgan fingerprint density at radius 2 is 2.10 bits per heavy atom. The molecule has 0 fully saturated rings. The van der Waals surface area contributed by atoms with Crippen LogP contribution in [0, 0.1) is 0 Å². The fourth-order valence-electron chi connectivity index (χ4n) is 2.22. The molecule has 1 N–H and O–H groups in total. The highest BCUT2D eigenvalue weighted by Gasteiger charge is 2.18. The molecular weight excluding hydrogens is 332 g/mol. The topological polar surface area (TPSA) is 63.8 Å². The lowest BCUT2D eigenvalue weighted by atomic mass is 10.2. The van der Waals surface area contributed by atoms with E-state index in [9.17, 15) is 0 Å². The van der Waals surface area contributed by atoms with E-state index in [0.717, 1.165) is 21.8 Å². The van der Waals surface area contributed by atoms with Crippen molar-refractivity contribution in [1.29, 1.82) is 0 Å². The molecule has 0 spiro atoms. The van der Waals surface area contributed by atoms with E-state index < -0.39 is 0 Å². The number of nitrogens with one attached hydrogen (secondary N) is 1. The summed E-state index contributed by atoms with van der Waals surface area (Å²) in [5, 5.41) is 8.27. The van der Waals surface area contributed by atoms with Crippen LogP contribution in [0.2, 0.25) is 0 Å². The zero-order valence-corrected chi connectivity index (χ0v) is 13.4. The van der Waals surface area contributed by atoms with E-state index in [2.05, 4.69) is 43.3 Å². The molecule has 6 heteroatoms. The Hall–Kier alpha value is -1.79. The third-order valence-corrected chi connectivity index (χ3v) is 3.99. The zero-order valence-electron chi connectivity index (χ0n) is 11.8. The third kappa shape index (κ3) is 2.69. The summed E-state index contributed by atoms with van der Waals surface area (Å²) in [5.74, 6) is 1.08. The number of benzene rings is 1. The van der Waals surface area contributed by atoms with Crippen LogP contribution < -0.4 is 5.32 Å². The van der Waals surface area contributed by atoms with Crippen LogP contribution >= 0.6 is 15.9 Å². The fraction of sp³-hybridized carbons (Fsp3) is 0.267. The van der Waals surface area contributed by atoms with E-state index in [0.29, 0.717) is 17.4 Å². The summed E-state index contributed by atoms with van der Waals surface area (Å²) in [7, 11) is 1.88. The molecule has 108 valence electrons. The summed E-state index contributed by atoms with van der Waals surface area (Å²) in [6.07, 6.45) is 0.879. The largest absolute Gasteiger partial charge is 0.337 e. The number of hydrogen-bond acceptors (Lipinski definition) is 5. The molecule has 0 saturated carbocycles. The van der Waals surface area contributed by atoms with Crippen molar-refractivity contribution in [2.24, 2.45) is 0 Å². The Kier molecular flexibility index (Phi) is 3.98. The van der Waals surface area contributed by atoms with Crippen molar-refractivity contribution in [2.75, 3.05) is 7.05 Å². The molecule has 1 atom stereocenters. The average Bonchev–Trinajstić information content (AvgIpc) is 2.97. The molecule has 5 nitrogen and oxygen atoms in total. The molecule has 2 heterocycles. The summed E-state index contributed by atoms with van der Waals surface area (Å²) in [6, 6.07) is 10.0. The third-order valence-electron chi connectivity index (χ3n) is 3.39. The lowest BCUT2D eigenvalue weighted by Crippen LogP contribution is -2.15. The second-order valence-electron chi connectivity index (χ2n) is 4.72. The minimum Gasteiger partial charge on any atom is -0.337 e. The molecule has 0 amide bonds. The van der Waals surface area contributed by atoms with Crippen molar-refractivity contribution < 1.29 is 4.52 Å². The van der Waals surface area contributed by atoms with Crippen molar-refractivity contribution in [3.8, 4) is 11.5 Å². The summed E-state index contributed by atoms with van der Waals surface area (Å²) in [6.45, 7) is 2.06. The number of pyridine rings is 1. The molecule has 21 heavy (non-hydrogen) atoms. The molecule has 0 saturated heterocycles. The van der Waals surface area contributed by atoms with Gasteiger partial charge in [0.1, 0.15) is 5.69 Å². The van der Waals surface area contributed by atoms with Gasteiger partial charge >= 0.3 is 0 Å². The van der Waals surface area contributed by atoms with Crippen LogP contribution in [0.15, 0.2) is 39.3 Å². The first-order valence-corrected chi connectivity index (χ1v) is 7.58. The maximum atomic E-state index is 5.35. The molecule has 0 aliphatic heterocycles. The van der Waals surface area contributed by atoms with Crippen LogP contribution in [0.4, 0.5) is 0 Å². The van der Waals surface area contributed by atoms with Crippen LogP contribution in [0.3, 0.4) is 0 Å². The van der Waals surface area contributed by atoms with Crippen LogP contribution in [-0.2, 0) is 0 Å². The maximum absolute atomic E-state index is 5.35. The highest BCUT2D eigenvalue weighted by Crippen LogP contribution is 2.28. The highest BCUT2D eigenvalue weighted by molar-refractivity contribution is 9.10. The quantitative estimate of drug-likeness (QED) is 0.779. The van der Waals surface area contributed by atoms with Crippen molar-refractivity contribution in [3.05, 3.63) is 40.7 Å². The molecule has 0 radical (unpaired) electrons. The molecule has 1 unspecified atom stereocenters. The standard InChI is InChI=1S/C15H15BrN4O/c1-3-11(17-2)15-19-14(20-21-15)13-10(16)8-9-6-4-5-7-12(9)18-13/h4-8,11,17H,3H2,1-2H3. The number of para-hydroxylation sites is 1. The van der Waals surface area contributed by atoms with Gasteiger partial charge in [0, 0.05) is 9.86 Å². The number of halogens is 1. The summed E-state index contributed by atoms with van der Waals surface area (Å²) in [5.41, 5.74) is 1.59. The summed E-state index contributed by atoms with van der Waals surface area (Å²) in [4.78, 5) is 9.07. The zero-order chi connectivity index (χ0) is 14.8. The van der Waals surface area contributed by atoms with Gasteiger partial charge in [-0.25, -0.2) is 4.98 Å². The molecule has 3 rings (SSSR count). The predicted molar refractivity (Wildman–Crippen MR) is 84.8 cm³/mol. The molecular formula is C15H15BrN4O. The van der Waals surface area contributed by atoms with Crippen molar-refractivity contribution >= 4 is 26.8 Å². The Balaban J connectivity index is 2.06. The van der Waals surface area contributed by atoms with Gasteiger partial charge in [-0.15, -0.1) is 0 Å². The van der Waals surface area contributed by atoms with Gasteiger partial charge in [0.2, 0.25) is 11.7 Å². The molecule has 0 bridgehead atoms. The van der Waals surface area contributed by atoms with E-state index in [-0.39, 0.29) is 6.04 Å². The smallest absolute Gasteiger partial charge is 0.244 e. The van der Waals surface area contributed by atoms with Gasteiger partial charge in [-0.2, -0.15) is 4.98 Å². The van der Waals surface area contributed by atoms with Gasteiger partial charge in [-0.05, 0) is 41.5 Å². The fourth-order valence-corrected chi connectivity index (χ4v) is 2.73. The van der Waals surface area contributed by atoms with E-state index in [4.69, 9.17) is 4.52 Å². The normalized spacial score (nSPS) is 12.7. The molecule has 0 aliphatic carbocycles. The van der Waals surface area contributed by atoms with Crippen molar-refractivity contribution in [2.45, 2.75) is 19.4 Å². The number of nitrogens with zero attached hydrogens (tertiary/aromatic N) is 3. The second-order valence-corrected chi connectivity index (χ2v) is 5.57. The van der Waals surface area contributed by atoms with E-state index in [1.54, 1.807) is 0 Å². The van der Waals surface area contributed by atoms with Gasteiger partial charge in [0.25, 0.3) is 0 Å². The van der Waals surface area contributed by atoms with Gasteiger partial charge in [0.15, 0.2) is 0 Å². The van der Waals surface area contributed by atoms with Crippen LogP contribution in [0.5, 0.6) is 0 Å². The molecule has 3 aromatic rings. The maximum Gasteiger partial charge on any atom is 0.244 e. The summed E-state index contributed by atoms with van der Waals surface area (Å²) < 4.78 is 6.20. The SMILES string of the molecule is CCC(NC)c1nc(-c2nc3ccccc3cc2Br)no1. The van der Waals surface area contributed by atoms with E-state index in [1.807, 2.05) is 37.4 Å². The Morgan fingerprint density at radius 1 is 1.29 bits per heavy atom. The van der Waals surface area contributed by atoms with Gasteiger partial charge in [-0.3, -0.25) is 0 Å². The Bertz CT molecular complexity index is 767. The van der Waals surface area contributed by atoms with E-state index in [1.165, 1.54) is 0 Å². The van der Waals surface area contributed by atoms with Gasteiger partial charge in [-0.1, -0.05) is 30.3 Å². The minimum atomic E-state index is 0.0606. The number of hydrogen-bond donors (Lipinski definition) is 1. The van der Waals surface area contributed by atoms with Crippen molar-refractivity contribution in [1.82, 2.24) is 20.4 Å². The first kappa shape index (κ1) is 14.2. The highest BCUT2D eigenvalue weighted by atomic mass is 79.9. The van der Waals surface area contributed by atoms with Gasteiger partial charge in [0.05, 0.1) is 11.6 Å². The number of rotatable bonds is 4. The van der Waals surface area contributed by atoms with Gasteiger partial charge < -0.3 is 9.84 Å². The first-order chi connectivity index (χ1) is 10.2. The molecule has 2 aromatic heterocycles. The molecule has 0 aliphatic rings. The number of aromatic nitrogens is 3. The summed E-state index contributed by atoms with van der Waals surface area (Å²) >= 11 is 3.53. The Morgan fingerprint density at radius 3 is 2.86 bits per heavy atom. The minimum absolute atomic E-state index is 0.0606. The second kappa shape index (κ2) is 5.91. The van der Waals surface area contributed by atoms with Crippen molar-refractivity contribution in [3.63, 3.8) is 0 Å². The lowest BCUT2D eigenvalue weighted by Gasteiger charge is -2.06. The van der Waals surface area contributed by atoms with E-state index >= 15 is 0 Å². The lowest BCUT2D eigenvalue weighted by molar-refractivity contribution is 0.334. The van der Waals surface area contributed by atoms with Crippen LogP contribution in [0.25, 0.3) is 22.4 Å². The van der Waals surface area contributed by atoms with Crippen LogP contribution in [-0.4, -0.2) is 22.2 Å². The average molecular weight is 347 g/mol. The Labute approximate surface area is 130 Å².